The van der Waals surface area contributed by atoms with Crippen LogP contribution in [0.2, 0.25) is 0 Å². The van der Waals surface area contributed by atoms with E-state index in [-0.39, 0.29) is 25.2 Å². The number of hydrogen-bond acceptors (Lipinski definition) is 4. The third kappa shape index (κ3) is 4.79. The molecular formula is C18H29N3O2S. The Morgan fingerprint density at radius 3 is 2.88 bits per heavy atom. The van der Waals surface area contributed by atoms with Crippen LogP contribution < -0.4 is 5.32 Å². The van der Waals surface area contributed by atoms with E-state index < -0.39 is 0 Å². The van der Waals surface area contributed by atoms with E-state index >= 15 is 0 Å². The Bertz CT molecular complexity index is 568. The summed E-state index contributed by atoms with van der Waals surface area (Å²) in [5, 5.41) is 6.22. The summed E-state index contributed by atoms with van der Waals surface area (Å²) in [5.41, 5.74) is 1.06. The van der Waals surface area contributed by atoms with Crippen molar-refractivity contribution in [1.29, 1.82) is 0 Å². The molecule has 3 rings (SSSR count). The van der Waals surface area contributed by atoms with E-state index in [1.165, 1.54) is 0 Å². The second-order valence-electron chi connectivity index (χ2n) is 6.52. The molecule has 6 heteroatoms. The maximum Gasteiger partial charge on any atom is 0.223 e. The van der Waals surface area contributed by atoms with Gasteiger partial charge < -0.3 is 10.2 Å². The Kier molecular flexibility index (Phi) is 6.78. The first-order chi connectivity index (χ1) is 11.2. The maximum absolute atomic E-state index is 11.9. The molecule has 2 fully saturated rings. The lowest BCUT2D eigenvalue weighted by Gasteiger charge is -2.31. The summed E-state index contributed by atoms with van der Waals surface area (Å²) < 4.78 is 0. The van der Waals surface area contributed by atoms with Crippen molar-refractivity contribution in [2.45, 2.75) is 58.8 Å². The molecule has 1 aromatic heterocycles. The van der Waals surface area contributed by atoms with Crippen molar-refractivity contribution in [2.75, 3.05) is 19.6 Å². The van der Waals surface area contributed by atoms with E-state index in [4.69, 9.17) is 4.98 Å². The Balaban J connectivity index is 0.00000208. The number of carbonyl (C=O) groups is 2. The van der Waals surface area contributed by atoms with Gasteiger partial charge in [0.15, 0.2) is 0 Å². The highest BCUT2D eigenvalue weighted by atomic mass is 32.1. The monoisotopic (exact) mass is 351 g/mol. The summed E-state index contributed by atoms with van der Waals surface area (Å²) in [4.78, 5) is 30.2. The van der Waals surface area contributed by atoms with Gasteiger partial charge in [0.2, 0.25) is 11.8 Å². The number of carbonyl (C=O) groups excluding carboxylic acids is 2. The summed E-state index contributed by atoms with van der Waals surface area (Å²) in [6.45, 7) is 4.28. The third-order valence-corrected chi connectivity index (χ3v) is 5.68. The number of rotatable bonds is 6. The van der Waals surface area contributed by atoms with Crippen LogP contribution in [0, 0.1) is 5.92 Å². The molecule has 0 aromatic carbocycles. The normalized spacial score (nSPS) is 20.4. The molecule has 2 heterocycles. The number of nitrogens with one attached hydrogen (secondary N) is 1. The molecule has 1 aliphatic carbocycles. The molecule has 1 N–H and O–H groups in total. The van der Waals surface area contributed by atoms with Crippen LogP contribution in [0.5, 0.6) is 0 Å². The van der Waals surface area contributed by atoms with E-state index in [9.17, 15) is 9.59 Å². The molecule has 1 aliphatic heterocycles. The van der Waals surface area contributed by atoms with E-state index in [0.29, 0.717) is 18.9 Å². The SMILES string of the molecule is C.CCC(=O)N1CCCC(c2nc(CCNC(=O)C3CC3)cs2)C1. The van der Waals surface area contributed by atoms with Crippen LogP contribution in [-0.4, -0.2) is 41.3 Å². The molecular weight excluding hydrogens is 322 g/mol. The number of piperidine rings is 1. The van der Waals surface area contributed by atoms with Crippen LogP contribution in [0.1, 0.15) is 63.1 Å². The minimum Gasteiger partial charge on any atom is -0.355 e. The van der Waals surface area contributed by atoms with Crippen molar-refractivity contribution in [2.24, 2.45) is 5.92 Å². The summed E-state index contributed by atoms with van der Waals surface area (Å²) in [6.07, 6.45) is 5.63. The Labute approximate surface area is 148 Å². The van der Waals surface area contributed by atoms with Crippen LogP contribution in [-0.2, 0) is 16.0 Å². The molecule has 2 amide bonds. The van der Waals surface area contributed by atoms with Gasteiger partial charge in [0.1, 0.15) is 0 Å². The van der Waals surface area contributed by atoms with Gasteiger partial charge in [-0.05, 0) is 25.7 Å². The second kappa shape index (κ2) is 8.60. The van der Waals surface area contributed by atoms with Gasteiger partial charge >= 0.3 is 0 Å². The van der Waals surface area contributed by atoms with E-state index in [1.807, 2.05) is 11.8 Å². The number of aromatic nitrogens is 1. The minimum atomic E-state index is 0. The highest BCUT2D eigenvalue weighted by Gasteiger charge is 2.29. The zero-order valence-corrected chi connectivity index (χ0v) is 14.5. The maximum atomic E-state index is 11.9. The van der Waals surface area contributed by atoms with E-state index in [1.54, 1.807) is 11.3 Å². The molecule has 5 nitrogen and oxygen atoms in total. The Morgan fingerprint density at radius 2 is 2.17 bits per heavy atom. The first-order valence-corrected chi connectivity index (χ1v) is 9.55. The molecule has 2 aliphatic rings. The molecule has 1 unspecified atom stereocenters. The van der Waals surface area contributed by atoms with E-state index in [2.05, 4.69) is 10.7 Å². The lowest BCUT2D eigenvalue weighted by atomic mass is 9.98. The summed E-state index contributed by atoms with van der Waals surface area (Å²) >= 11 is 1.69. The molecule has 1 aromatic rings. The fourth-order valence-electron chi connectivity index (χ4n) is 3.06. The fourth-order valence-corrected chi connectivity index (χ4v) is 4.04. The first kappa shape index (κ1) is 18.9. The lowest BCUT2D eigenvalue weighted by molar-refractivity contribution is -0.132. The molecule has 0 radical (unpaired) electrons. The smallest absolute Gasteiger partial charge is 0.223 e. The Hall–Kier alpha value is -1.43. The van der Waals surface area contributed by atoms with Gasteiger partial charge in [-0.3, -0.25) is 9.59 Å². The minimum absolute atomic E-state index is 0. The molecule has 0 bridgehead atoms. The summed E-state index contributed by atoms with van der Waals surface area (Å²) in [6, 6.07) is 0. The zero-order valence-electron chi connectivity index (χ0n) is 13.7. The standard InChI is InChI=1S/C17H25N3O2S.CH4/c1-2-15(21)20-9-3-4-13(10-20)17-19-14(11-23-17)7-8-18-16(22)12-5-6-12;/h11-13H,2-10H2,1H3,(H,18,22);1H4. The predicted octanol–water partition coefficient (Wildman–Crippen LogP) is 2.96. The number of hydrogen-bond donors (Lipinski definition) is 1. The molecule has 1 saturated heterocycles. The van der Waals surface area contributed by atoms with Gasteiger partial charge in [-0.1, -0.05) is 14.4 Å². The van der Waals surface area contributed by atoms with Crippen molar-refractivity contribution in [1.82, 2.24) is 15.2 Å². The van der Waals surface area contributed by atoms with Crippen molar-refractivity contribution >= 4 is 23.2 Å². The van der Waals surface area contributed by atoms with Crippen LogP contribution >= 0.6 is 11.3 Å². The van der Waals surface area contributed by atoms with Crippen molar-refractivity contribution in [3.05, 3.63) is 16.1 Å². The van der Waals surface area contributed by atoms with Crippen molar-refractivity contribution < 1.29 is 9.59 Å². The lowest BCUT2D eigenvalue weighted by Crippen LogP contribution is -2.38. The average Bonchev–Trinajstić information content (AvgIpc) is 3.33. The van der Waals surface area contributed by atoms with Gasteiger partial charge in [0.05, 0.1) is 10.7 Å². The molecule has 0 spiro atoms. The number of amides is 2. The second-order valence-corrected chi connectivity index (χ2v) is 7.41. The summed E-state index contributed by atoms with van der Waals surface area (Å²) in [5.74, 6) is 1.08. The van der Waals surface area contributed by atoms with Gasteiger partial charge in [-0.2, -0.15) is 0 Å². The van der Waals surface area contributed by atoms with Crippen LogP contribution in [0.3, 0.4) is 0 Å². The van der Waals surface area contributed by atoms with Crippen LogP contribution in [0.15, 0.2) is 5.38 Å². The van der Waals surface area contributed by atoms with E-state index in [0.717, 1.165) is 55.9 Å². The van der Waals surface area contributed by atoms with Gasteiger partial charge in [-0.25, -0.2) is 4.98 Å². The van der Waals surface area contributed by atoms with Gasteiger partial charge in [-0.15, -0.1) is 11.3 Å². The molecule has 134 valence electrons. The molecule has 1 atom stereocenters. The van der Waals surface area contributed by atoms with Gasteiger partial charge in [0.25, 0.3) is 0 Å². The number of likely N-dealkylation sites (tertiary alicyclic amines) is 1. The number of thiazole rings is 1. The number of nitrogens with zero attached hydrogens (tertiary/aromatic N) is 2. The highest BCUT2D eigenvalue weighted by molar-refractivity contribution is 7.09. The Morgan fingerprint density at radius 1 is 1.38 bits per heavy atom. The molecule has 24 heavy (non-hydrogen) atoms. The van der Waals surface area contributed by atoms with Crippen LogP contribution in [0.4, 0.5) is 0 Å². The highest BCUT2D eigenvalue weighted by Crippen LogP contribution is 2.30. The molecule has 1 saturated carbocycles. The fraction of sp³-hybridized carbons (Fsp3) is 0.722. The summed E-state index contributed by atoms with van der Waals surface area (Å²) in [7, 11) is 0. The zero-order chi connectivity index (χ0) is 16.2. The third-order valence-electron chi connectivity index (χ3n) is 4.62. The van der Waals surface area contributed by atoms with Gasteiger partial charge in [0, 0.05) is 49.7 Å². The van der Waals surface area contributed by atoms with Crippen molar-refractivity contribution in [3.63, 3.8) is 0 Å². The topological polar surface area (TPSA) is 62.3 Å². The quantitative estimate of drug-likeness (QED) is 0.857. The predicted molar refractivity (Wildman–Crippen MR) is 97.1 cm³/mol. The van der Waals surface area contributed by atoms with Crippen LogP contribution in [0.25, 0.3) is 0 Å². The first-order valence-electron chi connectivity index (χ1n) is 8.67. The largest absolute Gasteiger partial charge is 0.355 e. The average molecular weight is 352 g/mol. The van der Waals surface area contributed by atoms with Crippen molar-refractivity contribution in [3.8, 4) is 0 Å².